The lowest BCUT2D eigenvalue weighted by Gasteiger charge is -2.09. The van der Waals surface area contributed by atoms with Gasteiger partial charge in [-0.3, -0.25) is 4.72 Å². The molecule has 21 heavy (non-hydrogen) atoms. The summed E-state index contributed by atoms with van der Waals surface area (Å²) in [5.74, 6) is -0.805. The van der Waals surface area contributed by atoms with Crippen molar-refractivity contribution in [1.29, 1.82) is 0 Å². The Labute approximate surface area is 134 Å². The number of rotatable bonds is 4. The summed E-state index contributed by atoms with van der Waals surface area (Å²) in [5.41, 5.74) is 0.197. The molecule has 1 aromatic carbocycles. The maximum Gasteiger partial charge on any atom is 0.262 e. The first kappa shape index (κ1) is 16.0. The summed E-state index contributed by atoms with van der Waals surface area (Å²) in [6.07, 6.45) is 1.25. The zero-order valence-corrected chi connectivity index (χ0v) is 13.8. The summed E-state index contributed by atoms with van der Waals surface area (Å²) in [6.45, 7) is 0. The third kappa shape index (κ3) is 3.63. The second-order valence-electron chi connectivity index (χ2n) is 3.90. The molecule has 0 fully saturated rings. The zero-order chi connectivity index (χ0) is 15.6. The van der Waals surface area contributed by atoms with Crippen LogP contribution in [-0.2, 0) is 10.0 Å². The first-order chi connectivity index (χ1) is 9.83. The molecule has 0 aliphatic heterocycles. The Hall–Kier alpha value is -1.38. The highest BCUT2D eigenvalue weighted by molar-refractivity contribution is 9.10. The zero-order valence-electron chi connectivity index (χ0n) is 10.6. The molecule has 0 amide bonds. The van der Waals surface area contributed by atoms with Crippen LogP contribution in [0.2, 0.25) is 5.15 Å². The van der Waals surface area contributed by atoms with Crippen LogP contribution in [0.3, 0.4) is 0 Å². The van der Waals surface area contributed by atoms with E-state index in [0.717, 1.165) is 6.07 Å². The Bertz CT molecular complexity index is 786. The number of anilines is 1. The van der Waals surface area contributed by atoms with Crippen molar-refractivity contribution >= 4 is 43.2 Å². The van der Waals surface area contributed by atoms with Crippen molar-refractivity contribution < 1.29 is 17.5 Å². The van der Waals surface area contributed by atoms with E-state index in [0.29, 0.717) is 4.47 Å². The van der Waals surface area contributed by atoms with Crippen molar-refractivity contribution in [1.82, 2.24) is 4.98 Å². The lowest BCUT2D eigenvalue weighted by atomic mass is 10.3. The lowest BCUT2D eigenvalue weighted by molar-refractivity contribution is 0.385. The summed E-state index contributed by atoms with van der Waals surface area (Å²) >= 11 is 8.86. The Balaban J connectivity index is 2.33. The molecule has 0 aliphatic rings. The van der Waals surface area contributed by atoms with Crippen LogP contribution in [0.25, 0.3) is 0 Å². The fraction of sp³-hybridized carbons (Fsp3) is 0.0833. The molecule has 0 radical (unpaired) electrons. The molecule has 0 spiro atoms. The Morgan fingerprint density at radius 2 is 2.10 bits per heavy atom. The maximum atomic E-state index is 13.6. The number of hydrogen-bond acceptors (Lipinski definition) is 4. The van der Waals surface area contributed by atoms with Crippen LogP contribution in [0.1, 0.15) is 0 Å². The number of nitrogens with one attached hydrogen (secondary N) is 1. The highest BCUT2D eigenvalue weighted by atomic mass is 79.9. The topological polar surface area (TPSA) is 68.3 Å². The van der Waals surface area contributed by atoms with Crippen LogP contribution in [0.4, 0.5) is 10.1 Å². The number of hydrogen-bond donors (Lipinski definition) is 1. The van der Waals surface area contributed by atoms with Crippen molar-refractivity contribution in [3.8, 4) is 5.75 Å². The van der Waals surface area contributed by atoms with Gasteiger partial charge in [0.15, 0.2) is 11.6 Å². The fourth-order valence-electron chi connectivity index (χ4n) is 1.51. The van der Waals surface area contributed by atoms with Gasteiger partial charge in [-0.2, -0.15) is 0 Å². The van der Waals surface area contributed by atoms with Gasteiger partial charge in [-0.25, -0.2) is 17.8 Å². The van der Waals surface area contributed by atoms with E-state index < -0.39 is 15.8 Å². The standard InChI is InChI=1S/C12H9BrClFN2O3S/c1-20-11-3-2-8(5-10(11)15)21(18,19)17-7-4-9(13)12(14)16-6-7/h2-6,17H,1H3. The minimum absolute atomic E-state index is 0.0372. The van der Waals surface area contributed by atoms with Gasteiger partial charge >= 0.3 is 0 Å². The van der Waals surface area contributed by atoms with Gasteiger partial charge in [0.1, 0.15) is 5.15 Å². The van der Waals surface area contributed by atoms with E-state index in [1.165, 1.54) is 31.5 Å². The average Bonchev–Trinajstić information content (AvgIpc) is 2.42. The molecule has 0 saturated carbocycles. The smallest absolute Gasteiger partial charge is 0.262 e. The van der Waals surface area contributed by atoms with Gasteiger partial charge in [-0.15, -0.1) is 0 Å². The third-order valence-corrected chi connectivity index (χ3v) is 4.99. The normalized spacial score (nSPS) is 11.2. The molecule has 5 nitrogen and oxygen atoms in total. The van der Waals surface area contributed by atoms with E-state index in [1.54, 1.807) is 0 Å². The fourth-order valence-corrected chi connectivity index (χ4v) is 3.00. The number of nitrogens with zero attached hydrogens (tertiary/aromatic N) is 1. The lowest BCUT2D eigenvalue weighted by Crippen LogP contribution is -2.13. The van der Waals surface area contributed by atoms with E-state index in [4.69, 9.17) is 16.3 Å². The van der Waals surface area contributed by atoms with Crippen molar-refractivity contribution in [2.45, 2.75) is 4.90 Å². The maximum absolute atomic E-state index is 13.6. The van der Waals surface area contributed by atoms with Gasteiger partial charge < -0.3 is 4.74 Å². The van der Waals surface area contributed by atoms with Crippen LogP contribution in [0, 0.1) is 5.82 Å². The van der Waals surface area contributed by atoms with Crippen molar-refractivity contribution in [2.24, 2.45) is 0 Å². The summed E-state index contributed by atoms with van der Waals surface area (Å²) in [5, 5.41) is 0.202. The molecule has 2 rings (SSSR count). The number of benzene rings is 1. The van der Waals surface area contributed by atoms with Crippen molar-refractivity contribution in [3.05, 3.63) is 45.9 Å². The summed E-state index contributed by atoms with van der Waals surface area (Å²) in [4.78, 5) is 3.57. The predicted molar refractivity (Wildman–Crippen MR) is 80.7 cm³/mol. The number of sulfonamides is 1. The molecule has 0 bridgehead atoms. The summed E-state index contributed by atoms with van der Waals surface area (Å²) < 4.78 is 45.3. The first-order valence-corrected chi connectivity index (χ1v) is 8.16. The highest BCUT2D eigenvalue weighted by Crippen LogP contribution is 2.26. The molecular weight excluding hydrogens is 387 g/mol. The number of ether oxygens (including phenoxy) is 1. The first-order valence-electron chi connectivity index (χ1n) is 5.51. The van der Waals surface area contributed by atoms with Gasteiger partial charge in [-0.1, -0.05) is 11.6 Å². The minimum Gasteiger partial charge on any atom is -0.494 e. The number of halogens is 3. The highest BCUT2D eigenvalue weighted by Gasteiger charge is 2.17. The van der Waals surface area contributed by atoms with E-state index in [1.807, 2.05) is 0 Å². The second-order valence-corrected chi connectivity index (χ2v) is 6.79. The number of aromatic nitrogens is 1. The van der Waals surface area contributed by atoms with Crippen molar-refractivity contribution in [2.75, 3.05) is 11.8 Å². The number of pyridine rings is 1. The molecule has 0 saturated heterocycles. The molecular formula is C12H9BrClFN2O3S. The molecule has 1 N–H and O–H groups in total. The van der Waals surface area contributed by atoms with Gasteiger partial charge in [0.05, 0.1) is 28.4 Å². The van der Waals surface area contributed by atoms with Crippen LogP contribution in [0.5, 0.6) is 5.75 Å². The molecule has 0 unspecified atom stereocenters. The van der Waals surface area contributed by atoms with E-state index in [-0.39, 0.29) is 21.5 Å². The Morgan fingerprint density at radius 3 is 2.67 bits per heavy atom. The van der Waals surface area contributed by atoms with Gasteiger partial charge in [0.2, 0.25) is 0 Å². The quantitative estimate of drug-likeness (QED) is 0.805. The van der Waals surface area contributed by atoms with Gasteiger partial charge in [0, 0.05) is 0 Å². The summed E-state index contributed by atoms with van der Waals surface area (Å²) in [6, 6.07) is 4.80. The second kappa shape index (κ2) is 6.17. The SMILES string of the molecule is COc1ccc(S(=O)(=O)Nc2cnc(Cl)c(Br)c2)cc1F. The molecule has 112 valence electrons. The average molecular weight is 396 g/mol. The van der Waals surface area contributed by atoms with Gasteiger partial charge in [0.25, 0.3) is 10.0 Å². The Kier molecular flexibility index (Phi) is 4.70. The minimum atomic E-state index is -3.94. The molecule has 0 aliphatic carbocycles. The van der Waals surface area contributed by atoms with Crippen molar-refractivity contribution in [3.63, 3.8) is 0 Å². The summed E-state index contributed by atoms with van der Waals surface area (Å²) in [7, 11) is -2.65. The van der Waals surface area contributed by atoms with E-state index >= 15 is 0 Å². The largest absolute Gasteiger partial charge is 0.494 e. The predicted octanol–water partition coefficient (Wildman–Crippen LogP) is 3.45. The molecule has 9 heteroatoms. The monoisotopic (exact) mass is 394 g/mol. The molecule has 1 heterocycles. The molecule has 2 aromatic rings. The van der Waals surface area contributed by atoms with Gasteiger partial charge in [-0.05, 0) is 40.2 Å². The third-order valence-electron chi connectivity index (χ3n) is 2.48. The van der Waals surface area contributed by atoms with E-state index in [2.05, 4.69) is 25.6 Å². The Morgan fingerprint density at radius 1 is 1.38 bits per heavy atom. The van der Waals surface area contributed by atoms with Crippen LogP contribution < -0.4 is 9.46 Å². The molecule has 1 aromatic heterocycles. The van der Waals surface area contributed by atoms with E-state index in [9.17, 15) is 12.8 Å². The number of methoxy groups -OCH3 is 1. The molecule has 0 atom stereocenters. The van der Waals surface area contributed by atoms with Crippen LogP contribution in [0.15, 0.2) is 39.8 Å². The van der Waals surface area contributed by atoms with Crippen LogP contribution in [-0.4, -0.2) is 20.5 Å². The van der Waals surface area contributed by atoms with Crippen LogP contribution >= 0.6 is 27.5 Å².